The Kier molecular flexibility index (Phi) is 6.73. The highest BCUT2D eigenvalue weighted by molar-refractivity contribution is 8.18. The van der Waals surface area contributed by atoms with Gasteiger partial charge >= 0.3 is 6.18 Å². The van der Waals surface area contributed by atoms with Crippen molar-refractivity contribution in [3.63, 3.8) is 0 Å². The number of nitrogens with one attached hydrogen (secondary N) is 1. The molecule has 2 aliphatic heterocycles. The molecule has 0 spiro atoms. The number of carbonyl (C=O) groups excluding carboxylic acids is 2. The van der Waals surface area contributed by atoms with Gasteiger partial charge in [-0.3, -0.25) is 14.3 Å². The summed E-state index contributed by atoms with van der Waals surface area (Å²) < 4.78 is 42.0. The summed E-state index contributed by atoms with van der Waals surface area (Å²) in [7, 11) is 0. The number of piperazine rings is 1. The lowest BCUT2D eigenvalue weighted by molar-refractivity contribution is -0.138. The average molecular weight is 549 g/mol. The van der Waals surface area contributed by atoms with E-state index >= 15 is 0 Å². The summed E-state index contributed by atoms with van der Waals surface area (Å²) in [5, 5.41) is 8.53. The molecular formula is C24H20ClF3N6O2S. The zero-order chi connectivity index (χ0) is 26.3. The zero-order valence-corrected chi connectivity index (χ0v) is 20.7. The van der Waals surface area contributed by atoms with Gasteiger partial charge in [0.2, 0.25) is 5.91 Å². The number of amidine groups is 1. The summed E-state index contributed by atoms with van der Waals surface area (Å²) in [6.45, 7) is 1.38. The Morgan fingerprint density at radius 2 is 2.08 bits per heavy atom. The topological polar surface area (TPSA) is 106 Å². The van der Waals surface area contributed by atoms with Gasteiger partial charge in [-0.2, -0.15) is 23.3 Å². The van der Waals surface area contributed by atoms with E-state index in [4.69, 9.17) is 17.3 Å². The van der Waals surface area contributed by atoms with E-state index in [9.17, 15) is 22.8 Å². The first-order valence-electron chi connectivity index (χ1n) is 11.2. The predicted octanol–water partition coefficient (Wildman–Crippen LogP) is 3.49. The lowest BCUT2D eigenvalue weighted by Crippen LogP contribution is -2.56. The maximum absolute atomic E-state index is 13.5. The number of carbonyl (C=O) groups is 2. The van der Waals surface area contributed by atoms with Crippen LogP contribution >= 0.6 is 23.4 Å². The minimum absolute atomic E-state index is 0.00943. The molecule has 1 saturated heterocycles. The van der Waals surface area contributed by atoms with Gasteiger partial charge in [0.1, 0.15) is 6.04 Å². The van der Waals surface area contributed by atoms with Gasteiger partial charge < -0.3 is 16.0 Å². The van der Waals surface area contributed by atoms with E-state index in [1.165, 1.54) is 28.6 Å². The fraction of sp³-hybridized carbons (Fsp3) is 0.250. The van der Waals surface area contributed by atoms with Crippen LogP contribution in [0.15, 0.2) is 52.5 Å². The standard InChI is InChI=1S/C24H20ClF3N6O2S/c25-16-3-2-14(17(9-16)24(26,27)28)11-34-19-4-1-13(7-15(19)10-31-34)8-20-22(36)32-23(37-20)33-6-5-30-18(12-33)21(29)35/h1-4,7-10,18,30H,5-6,11-12H2,(H2,29,35). The molecule has 0 bridgehead atoms. The summed E-state index contributed by atoms with van der Waals surface area (Å²) in [4.78, 5) is 30.5. The number of primary amides is 1. The van der Waals surface area contributed by atoms with E-state index in [0.29, 0.717) is 40.6 Å². The number of alkyl halides is 3. The number of hydrogen-bond acceptors (Lipinski definition) is 6. The third-order valence-corrected chi connectivity index (χ3v) is 7.34. The number of nitrogens with zero attached hydrogens (tertiary/aromatic N) is 4. The van der Waals surface area contributed by atoms with Crippen molar-refractivity contribution in [2.24, 2.45) is 10.7 Å². The molecule has 3 N–H and O–H groups in total. The first-order valence-corrected chi connectivity index (χ1v) is 12.4. The summed E-state index contributed by atoms with van der Waals surface area (Å²) in [5.74, 6) is -0.845. The van der Waals surface area contributed by atoms with Gasteiger partial charge in [0.25, 0.3) is 5.91 Å². The van der Waals surface area contributed by atoms with Gasteiger partial charge in [0.05, 0.1) is 28.7 Å². The second kappa shape index (κ2) is 9.84. The summed E-state index contributed by atoms with van der Waals surface area (Å²) in [6, 6.07) is 8.48. The normalized spacial score (nSPS) is 19.6. The Labute approximate surface area is 218 Å². The maximum atomic E-state index is 13.5. The number of benzene rings is 2. The number of aliphatic imine (C=N–C) groups is 1. The number of hydrogen-bond donors (Lipinski definition) is 2. The van der Waals surface area contributed by atoms with E-state index in [1.807, 2.05) is 4.90 Å². The number of fused-ring (bicyclic) bond motifs is 1. The smallest absolute Gasteiger partial charge is 0.368 e. The van der Waals surface area contributed by atoms with Crippen molar-refractivity contribution in [1.29, 1.82) is 0 Å². The molecule has 3 heterocycles. The number of thioether (sulfide) groups is 1. The Balaban J connectivity index is 1.35. The predicted molar refractivity (Wildman–Crippen MR) is 136 cm³/mol. The molecule has 1 fully saturated rings. The quantitative estimate of drug-likeness (QED) is 0.484. The Bertz CT molecular complexity index is 1470. The second-order valence-corrected chi connectivity index (χ2v) is 10.0. The van der Waals surface area contributed by atoms with Crippen molar-refractivity contribution in [2.45, 2.75) is 18.8 Å². The number of halogens is 4. The van der Waals surface area contributed by atoms with Crippen LogP contribution in [0.4, 0.5) is 13.2 Å². The minimum Gasteiger partial charge on any atom is -0.368 e. The van der Waals surface area contributed by atoms with Crippen LogP contribution < -0.4 is 11.1 Å². The van der Waals surface area contributed by atoms with Crippen molar-refractivity contribution in [3.05, 3.63) is 69.2 Å². The monoisotopic (exact) mass is 548 g/mol. The summed E-state index contributed by atoms with van der Waals surface area (Å²) in [6.07, 6.45) is -1.27. The third-order valence-electron chi connectivity index (χ3n) is 6.06. The number of aromatic nitrogens is 2. The van der Waals surface area contributed by atoms with E-state index in [2.05, 4.69) is 15.4 Å². The molecule has 8 nitrogen and oxygen atoms in total. The highest BCUT2D eigenvalue weighted by atomic mass is 35.5. The van der Waals surface area contributed by atoms with E-state index in [1.54, 1.807) is 30.5 Å². The van der Waals surface area contributed by atoms with Gasteiger partial charge in [0, 0.05) is 30.0 Å². The Hall–Kier alpha value is -3.35. The summed E-state index contributed by atoms with van der Waals surface area (Å²) >= 11 is 7.00. The fourth-order valence-electron chi connectivity index (χ4n) is 4.23. The molecule has 2 aliphatic rings. The van der Waals surface area contributed by atoms with Crippen molar-refractivity contribution >= 4 is 57.3 Å². The molecule has 2 amide bonds. The summed E-state index contributed by atoms with van der Waals surface area (Å²) in [5.41, 5.74) is 6.01. The van der Waals surface area contributed by atoms with Gasteiger partial charge in [0.15, 0.2) is 5.17 Å². The molecular weight excluding hydrogens is 529 g/mol. The van der Waals surface area contributed by atoms with Gasteiger partial charge in [-0.1, -0.05) is 23.7 Å². The van der Waals surface area contributed by atoms with Crippen LogP contribution in [0.25, 0.3) is 17.0 Å². The largest absolute Gasteiger partial charge is 0.416 e. The molecule has 0 aliphatic carbocycles. The molecule has 1 atom stereocenters. The van der Waals surface area contributed by atoms with Crippen molar-refractivity contribution < 1.29 is 22.8 Å². The molecule has 1 unspecified atom stereocenters. The van der Waals surface area contributed by atoms with Gasteiger partial charge in [-0.15, -0.1) is 0 Å². The van der Waals surface area contributed by atoms with Crippen LogP contribution in [-0.2, 0) is 22.3 Å². The van der Waals surface area contributed by atoms with Crippen LogP contribution in [0.2, 0.25) is 5.02 Å². The molecule has 2 aromatic carbocycles. The SMILES string of the molecule is NC(=O)C1CN(C2=NC(=O)C(=Cc3ccc4c(cnn4Cc4ccc(Cl)cc4C(F)(F)F)c3)S2)CCN1. The van der Waals surface area contributed by atoms with Crippen LogP contribution in [-0.4, -0.2) is 57.3 Å². The molecule has 3 aromatic rings. The van der Waals surface area contributed by atoms with Crippen molar-refractivity contribution in [3.8, 4) is 0 Å². The van der Waals surface area contributed by atoms with E-state index in [-0.39, 0.29) is 23.0 Å². The molecule has 1 aromatic heterocycles. The van der Waals surface area contributed by atoms with Gasteiger partial charge in [-0.05, 0) is 53.2 Å². The van der Waals surface area contributed by atoms with Crippen LogP contribution in [0.5, 0.6) is 0 Å². The molecule has 37 heavy (non-hydrogen) atoms. The molecule has 0 radical (unpaired) electrons. The maximum Gasteiger partial charge on any atom is 0.416 e. The molecule has 0 saturated carbocycles. The van der Waals surface area contributed by atoms with Crippen LogP contribution in [0.3, 0.4) is 0 Å². The Morgan fingerprint density at radius 1 is 1.27 bits per heavy atom. The van der Waals surface area contributed by atoms with Crippen LogP contribution in [0.1, 0.15) is 16.7 Å². The van der Waals surface area contributed by atoms with Crippen molar-refractivity contribution in [1.82, 2.24) is 20.0 Å². The number of rotatable bonds is 4. The van der Waals surface area contributed by atoms with Gasteiger partial charge in [-0.25, -0.2) is 0 Å². The highest BCUT2D eigenvalue weighted by Crippen LogP contribution is 2.35. The van der Waals surface area contributed by atoms with E-state index in [0.717, 1.165) is 11.6 Å². The second-order valence-electron chi connectivity index (χ2n) is 8.58. The lowest BCUT2D eigenvalue weighted by atomic mass is 10.1. The fourth-order valence-corrected chi connectivity index (χ4v) is 5.35. The highest BCUT2D eigenvalue weighted by Gasteiger charge is 2.34. The molecule has 13 heteroatoms. The molecule has 192 valence electrons. The zero-order valence-electron chi connectivity index (χ0n) is 19.1. The van der Waals surface area contributed by atoms with Crippen molar-refractivity contribution in [2.75, 3.05) is 19.6 Å². The first-order chi connectivity index (χ1) is 17.6. The lowest BCUT2D eigenvalue weighted by Gasteiger charge is -2.32. The number of nitrogens with two attached hydrogens (primary N) is 1. The average Bonchev–Trinajstić information content (AvgIpc) is 3.42. The first kappa shape index (κ1) is 25.3. The molecule has 5 rings (SSSR count). The van der Waals surface area contributed by atoms with E-state index < -0.39 is 23.7 Å². The van der Waals surface area contributed by atoms with Crippen LogP contribution in [0, 0.1) is 0 Å². The minimum atomic E-state index is -4.54. The Morgan fingerprint density at radius 3 is 2.84 bits per heavy atom. The third kappa shape index (κ3) is 5.36. The number of amides is 2.